The quantitative estimate of drug-likeness (QED) is 0.710. The number of benzene rings is 2. The van der Waals surface area contributed by atoms with Gasteiger partial charge in [-0.1, -0.05) is 12.1 Å². The minimum atomic E-state index is -3.45. The lowest BCUT2D eigenvalue weighted by molar-refractivity contribution is 0.159. The fourth-order valence-corrected chi connectivity index (χ4v) is 5.01. The lowest BCUT2D eigenvalue weighted by Crippen LogP contribution is -2.49. The Bertz CT molecular complexity index is 889. The fourth-order valence-electron chi connectivity index (χ4n) is 3.28. The maximum atomic E-state index is 13.0. The molecule has 152 valence electrons. The van der Waals surface area contributed by atoms with Crippen LogP contribution in [0.2, 0.25) is 0 Å². The molecule has 0 amide bonds. The van der Waals surface area contributed by atoms with E-state index in [-0.39, 0.29) is 0 Å². The molecule has 1 saturated heterocycles. The van der Waals surface area contributed by atoms with Crippen LogP contribution in [0.25, 0.3) is 0 Å². The van der Waals surface area contributed by atoms with Gasteiger partial charge in [0.05, 0.1) is 12.0 Å². The van der Waals surface area contributed by atoms with Crippen LogP contribution in [-0.2, 0) is 10.0 Å². The Morgan fingerprint density at radius 3 is 2.21 bits per heavy atom. The summed E-state index contributed by atoms with van der Waals surface area (Å²) in [7, 11) is -1.81. The van der Waals surface area contributed by atoms with Crippen molar-refractivity contribution in [2.24, 2.45) is 0 Å². The summed E-state index contributed by atoms with van der Waals surface area (Å²) >= 11 is 0. The molecule has 1 fully saturated rings. The SMILES string of the molecule is COc1ccc(OCCN2CCN(S(=O)(=O)c3cc(C)ccc3C)CC2)cc1. The van der Waals surface area contributed by atoms with Crippen LogP contribution < -0.4 is 9.47 Å². The Morgan fingerprint density at radius 1 is 0.929 bits per heavy atom. The zero-order valence-electron chi connectivity index (χ0n) is 16.7. The van der Waals surface area contributed by atoms with Crippen molar-refractivity contribution in [2.45, 2.75) is 18.7 Å². The van der Waals surface area contributed by atoms with E-state index < -0.39 is 10.0 Å². The standard InChI is InChI=1S/C21H28N2O4S/c1-17-4-5-18(2)21(16-17)28(24,25)23-12-10-22(11-13-23)14-15-27-20-8-6-19(26-3)7-9-20/h4-9,16H,10-15H2,1-3H3. The number of rotatable bonds is 7. The Balaban J connectivity index is 1.50. The molecule has 1 aliphatic heterocycles. The third-order valence-corrected chi connectivity index (χ3v) is 7.07. The molecule has 7 heteroatoms. The predicted molar refractivity (Wildman–Crippen MR) is 110 cm³/mol. The van der Waals surface area contributed by atoms with E-state index in [4.69, 9.17) is 9.47 Å². The molecule has 1 heterocycles. The van der Waals surface area contributed by atoms with Gasteiger partial charge in [0.2, 0.25) is 10.0 Å². The van der Waals surface area contributed by atoms with E-state index in [9.17, 15) is 8.42 Å². The number of sulfonamides is 1. The van der Waals surface area contributed by atoms with Gasteiger partial charge in [0.15, 0.2) is 0 Å². The summed E-state index contributed by atoms with van der Waals surface area (Å²) in [6, 6.07) is 13.1. The van der Waals surface area contributed by atoms with Crippen LogP contribution in [-0.4, -0.2) is 64.1 Å². The van der Waals surface area contributed by atoms with Gasteiger partial charge in [0.25, 0.3) is 0 Å². The van der Waals surface area contributed by atoms with Crippen LogP contribution in [0.3, 0.4) is 0 Å². The van der Waals surface area contributed by atoms with Gasteiger partial charge in [-0.3, -0.25) is 4.90 Å². The van der Waals surface area contributed by atoms with E-state index >= 15 is 0 Å². The first-order valence-corrected chi connectivity index (χ1v) is 10.9. The highest BCUT2D eigenvalue weighted by Crippen LogP contribution is 2.22. The number of piperazine rings is 1. The summed E-state index contributed by atoms with van der Waals surface area (Å²) < 4.78 is 38.5. The second-order valence-electron chi connectivity index (χ2n) is 7.04. The molecule has 0 radical (unpaired) electrons. The molecule has 1 aliphatic rings. The molecule has 0 aliphatic carbocycles. The molecule has 0 bridgehead atoms. The molecule has 0 saturated carbocycles. The highest BCUT2D eigenvalue weighted by molar-refractivity contribution is 7.89. The van der Waals surface area contributed by atoms with Crippen LogP contribution in [0.5, 0.6) is 11.5 Å². The number of nitrogens with zero attached hydrogens (tertiary/aromatic N) is 2. The first kappa shape index (κ1) is 20.6. The molecule has 6 nitrogen and oxygen atoms in total. The van der Waals surface area contributed by atoms with Crippen LogP contribution in [0.1, 0.15) is 11.1 Å². The summed E-state index contributed by atoms with van der Waals surface area (Å²) in [5, 5.41) is 0. The molecule has 2 aromatic carbocycles. The molecule has 0 atom stereocenters. The van der Waals surface area contributed by atoms with Crippen molar-refractivity contribution in [3.8, 4) is 11.5 Å². The Hall–Kier alpha value is -2.09. The number of ether oxygens (including phenoxy) is 2. The van der Waals surface area contributed by atoms with Gasteiger partial charge < -0.3 is 9.47 Å². The predicted octanol–water partition coefficient (Wildman–Crippen LogP) is 2.70. The molecular formula is C21H28N2O4S. The van der Waals surface area contributed by atoms with E-state index in [0.717, 1.165) is 29.2 Å². The van der Waals surface area contributed by atoms with E-state index in [1.807, 2.05) is 50.2 Å². The number of hydrogen-bond donors (Lipinski definition) is 0. The molecule has 0 aromatic heterocycles. The molecular weight excluding hydrogens is 376 g/mol. The third-order valence-electron chi connectivity index (χ3n) is 5.03. The zero-order chi connectivity index (χ0) is 20.1. The van der Waals surface area contributed by atoms with Crippen molar-refractivity contribution in [2.75, 3.05) is 46.4 Å². The summed E-state index contributed by atoms with van der Waals surface area (Å²) in [5.74, 6) is 1.60. The van der Waals surface area contributed by atoms with Crippen molar-refractivity contribution in [1.82, 2.24) is 9.21 Å². The third kappa shape index (κ3) is 4.84. The van der Waals surface area contributed by atoms with Crippen molar-refractivity contribution >= 4 is 10.0 Å². The van der Waals surface area contributed by atoms with E-state index in [2.05, 4.69) is 4.90 Å². The monoisotopic (exact) mass is 404 g/mol. The van der Waals surface area contributed by atoms with E-state index in [0.29, 0.717) is 37.7 Å². The smallest absolute Gasteiger partial charge is 0.243 e. The highest BCUT2D eigenvalue weighted by Gasteiger charge is 2.29. The molecule has 0 unspecified atom stereocenters. The minimum Gasteiger partial charge on any atom is -0.497 e. The van der Waals surface area contributed by atoms with E-state index in [1.165, 1.54) is 0 Å². The maximum absolute atomic E-state index is 13.0. The summed E-state index contributed by atoms with van der Waals surface area (Å²) in [6.07, 6.45) is 0. The van der Waals surface area contributed by atoms with Gasteiger partial charge in [-0.05, 0) is 55.3 Å². The van der Waals surface area contributed by atoms with Gasteiger partial charge in [-0.25, -0.2) is 8.42 Å². The van der Waals surface area contributed by atoms with Crippen molar-refractivity contribution in [1.29, 1.82) is 0 Å². The topological polar surface area (TPSA) is 59.1 Å². The molecule has 0 N–H and O–H groups in total. The summed E-state index contributed by atoms with van der Waals surface area (Å²) in [4.78, 5) is 2.65. The van der Waals surface area contributed by atoms with Crippen LogP contribution in [0.4, 0.5) is 0 Å². The van der Waals surface area contributed by atoms with Crippen molar-refractivity contribution in [3.05, 3.63) is 53.6 Å². The minimum absolute atomic E-state index is 0.420. The van der Waals surface area contributed by atoms with Crippen LogP contribution in [0.15, 0.2) is 47.4 Å². The van der Waals surface area contributed by atoms with Gasteiger partial charge in [-0.2, -0.15) is 4.31 Å². The van der Waals surface area contributed by atoms with Gasteiger partial charge in [-0.15, -0.1) is 0 Å². The Labute approximate surface area is 167 Å². The summed E-state index contributed by atoms with van der Waals surface area (Å²) in [5.41, 5.74) is 1.75. The zero-order valence-corrected chi connectivity index (χ0v) is 17.5. The summed E-state index contributed by atoms with van der Waals surface area (Å²) in [6.45, 7) is 7.50. The number of methoxy groups -OCH3 is 1. The molecule has 28 heavy (non-hydrogen) atoms. The second-order valence-corrected chi connectivity index (χ2v) is 8.95. The van der Waals surface area contributed by atoms with E-state index in [1.54, 1.807) is 17.5 Å². The van der Waals surface area contributed by atoms with Crippen LogP contribution in [0, 0.1) is 13.8 Å². The number of aryl methyl sites for hydroxylation is 2. The molecule has 3 rings (SSSR count). The maximum Gasteiger partial charge on any atom is 0.243 e. The van der Waals surface area contributed by atoms with Crippen molar-refractivity contribution < 1.29 is 17.9 Å². The average molecular weight is 405 g/mol. The first-order chi connectivity index (χ1) is 13.4. The van der Waals surface area contributed by atoms with Crippen LogP contribution >= 0.6 is 0 Å². The average Bonchev–Trinajstić information content (AvgIpc) is 2.70. The van der Waals surface area contributed by atoms with Gasteiger partial charge >= 0.3 is 0 Å². The normalized spacial score (nSPS) is 16.1. The lowest BCUT2D eigenvalue weighted by Gasteiger charge is -2.34. The largest absolute Gasteiger partial charge is 0.497 e. The second kappa shape index (κ2) is 8.94. The molecule has 2 aromatic rings. The first-order valence-electron chi connectivity index (χ1n) is 9.47. The van der Waals surface area contributed by atoms with Gasteiger partial charge in [0, 0.05) is 32.7 Å². The number of hydrogen-bond acceptors (Lipinski definition) is 5. The van der Waals surface area contributed by atoms with Gasteiger partial charge in [0.1, 0.15) is 18.1 Å². The molecule has 0 spiro atoms. The van der Waals surface area contributed by atoms with Crippen molar-refractivity contribution in [3.63, 3.8) is 0 Å². The fraction of sp³-hybridized carbons (Fsp3) is 0.429. The Kier molecular flexibility index (Phi) is 6.59. The highest BCUT2D eigenvalue weighted by atomic mass is 32.2. The lowest BCUT2D eigenvalue weighted by atomic mass is 10.2. The Morgan fingerprint density at radius 2 is 1.57 bits per heavy atom.